The number of nitrogens with one attached hydrogen (secondary N) is 1. The van der Waals surface area contributed by atoms with Crippen LogP contribution >= 0.6 is 11.6 Å². The number of halogens is 1. The standard InChI is InChI=1S/C19H19ClN6O2/c1-25-18(28)8-15(14-6-7-21-11-22-14)24-19(25)26-9-16(23-17(27)10-26)12-2-4-13(20)5-3-12/h2,4-8,11-12,16H,3,9-10H2,1H3,(H,23,27)/t12-,16?/m1/s1. The van der Waals surface area contributed by atoms with E-state index < -0.39 is 0 Å². The van der Waals surface area contributed by atoms with E-state index in [0.29, 0.717) is 28.9 Å². The summed E-state index contributed by atoms with van der Waals surface area (Å²) in [5, 5.41) is 3.75. The monoisotopic (exact) mass is 398 g/mol. The van der Waals surface area contributed by atoms with Crippen molar-refractivity contribution in [3.8, 4) is 11.4 Å². The summed E-state index contributed by atoms with van der Waals surface area (Å²) in [4.78, 5) is 39.4. The molecular weight excluding hydrogens is 380 g/mol. The Hall–Kier alpha value is -3.00. The van der Waals surface area contributed by atoms with Crippen LogP contribution < -0.4 is 15.8 Å². The Morgan fingerprint density at radius 1 is 1.29 bits per heavy atom. The fourth-order valence-corrected chi connectivity index (χ4v) is 3.62. The van der Waals surface area contributed by atoms with E-state index in [1.807, 2.05) is 23.1 Å². The molecule has 0 spiro atoms. The Kier molecular flexibility index (Phi) is 4.95. The average molecular weight is 399 g/mol. The van der Waals surface area contributed by atoms with Crippen molar-refractivity contribution in [3.05, 3.63) is 58.3 Å². The minimum absolute atomic E-state index is 0.0990. The van der Waals surface area contributed by atoms with E-state index in [1.54, 1.807) is 19.3 Å². The molecule has 144 valence electrons. The number of carbonyl (C=O) groups is 1. The van der Waals surface area contributed by atoms with Gasteiger partial charge in [-0.15, -0.1) is 0 Å². The normalized spacial score (nSPS) is 22.0. The zero-order valence-corrected chi connectivity index (χ0v) is 16.0. The van der Waals surface area contributed by atoms with Crippen LogP contribution in [-0.4, -0.2) is 44.6 Å². The van der Waals surface area contributed by atoms with E-state index in [2.05, 4.69) is 20.3 Å². The minimum atomic E-state index is -0.214. The molecule has 9 heteroatoms. The molecule has 1 saturated heterocycles. The van der Waals surface area contributed by atoms with Crippen molar-refractivity contribution < 1.29 is 4.79 Å². The molecule has 4 rings (SSSR count). The van der Waals surface area contributed by atoms with Crippen molar-refractivity contribution in [1.82, 2.24) is 24.8 Å². The largest absolute Gasteiger partial charge is 0.349 e. The maximum Gasteiger partial charge on any atom is 0.255 e. The molecule has 2 aromatic heterocycles. The van der Waals surface area contributed by atoms with E-state index in [4.69, 9.17) is 11.6 Å². The molecule has 0 bridgehead atoms. The molecule has 0 saturated carbocycles. The third kappa shape index (κ3) is 3.68. The van der Waals surface area contributed by atoms with Crippen molar-refractivity contribution in [2.24, 2.45) is 13.0 Å². The predicted octanol–water partition coefficient (Wildman–Crippen LogP) is 1.24. The van der Waals surface area contributed by atoms with Crippen LogP contribution in [0.3, 0.4) is 0 Å². The van der Waals surface area contributed by atoms with Gasteiger partial charge in [-0.05, 0) is 18.6 Å². The van der Waals surface area contributed by atoms with Gasteiger partial charge in [0.05, 0.1) is 24.0 Å². The molecule has 3 heterocycles. The molecule has 1 unspecified atom stereocenters. The van der Waals surface area contributed by atoms with E-state index in [1.165, 1.54) is 17.0 Å². The van der Waals surface area contributed by atoms with Gasteiger partial charge in [0.1, 0.15) is 6.33 Å². The summed E-state index contributed by atoms with van der Waals surface area (Å²) >= 11 is 6.01. The quantitative estimate of drug-likeness (QED) is 0.836. The first-order valence-electron chi connectivity index (χ1n) is 8.94. The molecular formula is C19H19ClN6O2. The lowest BCUT2D eigenvalue weighted by Gasteiger charge is -2.37. The maximum atomic E-state index is 12.5. The summed E-state index contributed by atoms with van der Waals surface area (Å²) < 4.78 is 1.45. The van der Waals surface area contributed by atoms with Gasteiger partial charge in [0.25, 0.3) is 5.56 Å². The Bertz CT molecular complexity index is 1020. The number of carbonyl (C=O) groups excluding carboxylic acids is 1. The lowest BCUT2D eigenvalue weighted by atomic mass is 9.91. The summed E-state index contributed by atoms with van der Waals surface area (Å²) in [5.74, 6) is 0.470. The van der Waals surface area contributed by atoms with Gasteiger partial charge < -0.3 is 10.2 Å². The molecule has 8 nitrogen and oxygen atoms in total. The van der Waals surface area contributed by atoms with E-state index in [-0.39, 0.29) is 30.0 Å². The van der Waals surface area contributed by atoms with E-state index >= 15 is 0 Å². The SMILES string of the molecule is Cn1c(N2CC(=O)NC([C@@H]3C=CC(Cl)=CC3)C2)nc(-c2ccncn2)cc1=O. The summed E-state index contributed by atoms with van der Waals surface area (Å²) in [5.41, 5.74) is 0.797. The summed E-state index contributed by atoms with van der Waals surface area (Å²) in [6.07, 6.45) is 9.57. The summed E-state index contributed by atoms with van der Waals surface area (Å²) in [7, 11) is 1.65. The molecule has 2 aliphatic rings. The molecule has 0 aromatic carbocycles. The number of amides is 1. The van der Waals surface area contributed by atoms with Crippen molar-refractivity contribution in [2.45, 2.75) is 12.5 Å². The van der Waals surface area contributed by atoms with Crippen molar-refractivity contribution >= 4 is 23.5 Å². The minimum Gasteiger partial charge on any atom is -0.349 e. The number of anilines is 1. The van der Waals surface area contributed by atoms with Crippen LogP contribution in [-0.2, 0) is 11.8 Å². The van der Waals surface area contributed by atoms with Crippen LogP contribution in [0.15, 0.2) is 52.7 Å². The number of piperazine rings is 1. The second kappa shape index (κ2) is 7.55. The van der Waals surface area contributed by atoms with Gasteiger partial charge in [0.15, 0.2) is 0 Å². The van der Waals surface area contributed by atoms with E-state index in [0.717, 1.165) is 6.42 Å². The highest BCUT2D eigenvalue weighted by Crippen LogP contribution is 2.25. The van der Waals surface area contributed by atoms with E-state index in [9.17, 15) is 9.59 Å². The third-order valence-electron chi connectivity index (χ3n) is 4.94. The molecule has 2 atom stereocenters. The van der Waals surface area contributed by atoms with Crippen LogP contribution in [0.2, 0.25) is 0 Å². The number of rotatable bonds is 3. The van der Waals surface area contributed by atoms with Gasteiger partial charge in [-0.3, -0.25) is 14.2 Å². The van der Waals surface area contributed by atoms with Crippen LogP contribution in [0.4, 0.5) is 5.95 Å². The maximum absolute atomic E-state index is 12.5. The first-order valence-corrected chi connectivity index (χ1v) is 9.31. The van der Waals surface area contributed by atoms with Gasteiger partial charge in [-0.25, -0.2) is 15.0 Å². The number of hydrogen-bond donors (Lipinski definition) is 1. The smallest absolute Gasteiger partial charge is 0.255 e. The summed E-state index contributed by atoms with van der Waals surface area (Å²) in [6, 6.07) is 3.03. The third-order valence-corrected chi connectivity index (χ3v) is 5.22. The molecule has 28 heavy (non-hydrogen) atoms. The summed E-state index contributed by atoms with van der Waals surface area (Å²) in [6.45, 7) is 0.677. The highest BCUT2D eigenvalue weighted by atomic mass is 35.5. The fourth-order valence-electron chi connectivity index (χ4n) is 3.46. The lowest BCUT2D eigenvalue weighted by molar-refractivity contribution is -0.121. The lowest BCUT2D eigenvalue weighted by Crippen LogP contribution is -2.57. The zero-order valence-electron chi connectivity index (χ0n) is 15.2. The second-order valence-electron chi connectivity index (χ2n) is 6.84. The molecule has 1 fully saturated rings. The first kappa shape index (κ1) is 18.4. The Labute approximate surface area is 166 Å². The first-order chi connectivity index (χ1) is 13.5. The Morgan fingerprint density at radius 2 is 2.14 bits per heavy atom. The van der Waals surface area contributed by atoms with Crippen molar-refractivity contribution in [3.63, 3.8) is 0 Å². The number of hydrogen-bond acceptors (Lipinski definition) is 6. The van der Waals surface area contributed by atoms with Crippen LogP contribution in [0, 0.1) is 5.92 Å². The van der Waals surface area contributed by atoms with Crippen LogP contribution in [0.1, 0.15) is 6.42 Å². The van der Waals surface area contributed by atoms with Gasteiger partial charge in [0, 0.05) is 36.8 Å². The molecule has 1 amide bonds. The zero-order chi connectivity index (χ0) is 19.7. The highest BCUT2D eigenvalue weighted by molar-refractivity contribution is 6.31. The molecule has 1 aliphatic carbocycles. The number of aromatic nitrogens is 4. The molecule has 1 N–H and O–H groups in total. The molecule has 1 aliphatic heterocycles. The van der Waals surface area contributed by atoms with Crippen LogP contribution in [0.5, 0.6) is 0 Å². The molecule has 2 aromatic rings. The average Bonchev–Trinajstić information content (AvgIpc) is 2.70. The van der Waals surface area contributed by atoms with Gasteiger partial charge in [-0.2, -0.15) is 0 Å². The van der Waals surface area contributed by atoms with Crippen molar-refractivity contribution in [2.75, 3.05) is 18.0 Å². The highest BCUT2D eigenvalue weighted by Gasteiger charge is 2.31. The van der Waals surface area contributed by atoms with Gasteiger partial charge in [0.2, 0.25) is 11.9 Å². The second-order valence-corrected chi connectivity index (χ2v) is 7.27. The van der Waals surface area contributed by atoms with Gasteiger partial charge in [-0.1, -0.05) is 23.8 Å². The number of nitrogens with zero attached hydrogens (tertiary/aromatic N) is 5. The number of allylic oxidation sites excluding steroid dienone is 3. The topological polar surface area (TPSA) is 93.0 Å². The Balaban J connectivity index is 1.66. The van der Waals surface area contributed by atoms with Crippen LogP contribution in [0.25, 0.3) is 11.4 Å². The fraction of sp³-hybridized carbons (Fsp3) is 0.316. The predicted molar refractivity (Wildman–Crippen MR) is 106 cm³/mol. The van der Waals surface area contributed by atoms with Gasteiger partial charge >= 0.3 is 0 Å². The molecule has 0 radical (unpaired) electrons. The Morgan fingerprint density at radius 3 is 2.86 bits per heavy atom. The van der Waals surface area contributed by atoms with Crippen molar-refractivity contribution in [1.29, 1.82) is 0 Å².